The van der Waals surface area contributed by atoms with Crippen LogP contribution in [0.5, 0.6) is 0 Å². The second-order valence-corrected chi connectivity index (χ2v) is 28.1. The number of ether oxygens (including phenoxy) is 10. The maximum Gasteiger partial charge on any atom is 0.315 e. The van der Waals surface area contributed by atoms with Gasteiger partial charge in [-0.2, -0.15) is 0 Å². The number of carbonyl (C=O) groups is 2. The van der Waals surface area contributed by atoms with Crippen molar-refractivity contribution in [2.75, 3.05) is 26.4 Å². The summed E-state index contributed by atoms with van der Waals surface area (Å²) in [6, 6.07) is 0. The monoisotopic (exact) mass is 1240 g/mol. The van der Waals surface area contributed by atoms with Crippen LogP contribution in [0.4, 0.5) is 0 Å². The fourth-order valence-electron chi connectivity index (χ4n) is 17.5. The van der Waals surface area contributed by atoms with E-state index >= 15 is 4.79 Å². The smallest absolute Gasteiger partial charge is 0.315 e. The highest BCUT2D eigenvalue weighted by molar-refractivity contribution is 5.79. The summed E-state index contributed by atoms with van der Waals surface area (Å²) in [4.78, 5) is 29.4. The lowest BCUT2D eigenvalue weighted by Gasteiger charge is -2.71. The van der Waals surface area contributed by atoms with Crippen LogP contribution in [-0.2, 0) is 57.0 Å². The van der Waals surface area contributed by atoms with Crippen LogP contribution in [0.1, 0.15) is 106 Å². The summed E-state index contributed by atoms with van der Waals surface area (Å²) < 4.78 is 58.8. The van der Waals surface area contributed by atoms with Crippen LogP contribution in [-0.4, -0.2) is 274 Å². The molecule has 86 heavy (non-hydrogen) atoms. The third-order valence-corrected chi connectivity index (χ3v) is 22.8. The molecule has 10 rings (SSSR count). The number of carbonyl (C=O) groups excluding carboxylic acids is 1. The minimum absolute atomic E-state index is 0.0355. The molecule has 0 aromatic rings. The molecule has 5 heterocycles. The van der Waals surface area contributed by atoms with E-state index in [2.05, 4.69) is 33.8 Å². The number of fused-ring (bicyclic) bond motifs is 7. The van der Waals surface area contributed by atoms with Gasteiger partial charge in [-0.25, -0.2) is 0 Å². The number of allylic oxidation sites excluding steroid dienone is 2. The van der Waals surface area contributed by atoms with Crippen molar-refractivity contribution in [3.63, 3.8) is 0 Å². The standard InChI is InChI=1S/C58H92O28/c1-22-42(82-46-38(70)32(64)26(62)20-77-46)37(69)40(72)47(79-22)84-44-33(65)27(63)21-78-50(44)86-52(76)58-14-12-53(2,3)16-24(58)23-8-9-30-54(4)17-25(61)45(57(7,51(74)75)31(54)10-11-56(30,6)55(23,5)13-15-58)85-49-41(73)43(35(67)29(19-60)81-49)83-48-39(71)36(68)34(66)28(18-59)80-48/h8,22,24-50,59-73H,9-21H2,1-7H3,(H,74,75). The fraction of sp³-hybridized carbons (Fsp3) is 0.931. The Bertz CT molecular complexity index is 2450. The summed E-state index contributed by atoms with van der Waals surface area (Å²) in [6.45, 7) is 11.1. The molecule has 4 saturated carbocycles. The van der Waals surface area contributed by atoms with Crippen molar-refractivity contribution in [1.29, 1.82) is 0 Å². The Balaban J connectivity index is 0.878. The van der Waals surface area contributed by atoms with Crippen molar-refractivity contribution in [2.45, 2.75) is 260 Å². The normalized spacial score (nSPS) is 54.7. The molecule has 0 aromatic carbocycles. The number of aliphatic hydroxyl groups is 15. The first-order valence-corrected chi connectivity index (χ1v) is 30.3. The maximum atomic E-state index is 15.4. The summed E-state index contributed by atoms with van der Waals surface area (Å²) in [5.41, 5.74) is -4.22. The molecule has 0 aromatic heterocycles. The molecular formula is C58H92O28. The number of hydrogen-bond acceptors (Lipinski definition) is 27. The summed E-state index contributed by atoms with van der Waals surface area (Å²) in [5, 5.41) is 174. The van der Waals surface area contributed by atoms with Gasteiger partial charge in [-0.05, 0) is 111 Å². The molecule has 0 spiro atoms. The van der Waals surface area contributed by atoms with Crippen molar-refractivity contribution >= 4 is 11.9 Å². The number of aliphatic hydroxyl groups excluding tert-OH is 15. The lowest BCUT2D eigenvalue weighted by Crippen LogP contribution is -2.70. The number of aliphatic carboxylic acids is 1. The SMILES string of the molecule is CC1OC(OC2C(OC(=O)C34CCC(C)(C)CC3C3=CCC5C6(C)CC(O)C(OC7OC(CO)C(O)C(OC8OC(CO)C(O)C(O)C8O)C7O)C(C)(C(=O)O)C6CCC5(C)C3(C)CC4)OCC(O)C2O)C(O)C(O)C1OC1OCC(O)C(O)C1O. The van der Waals surface area contributed by atoms with Crippen LogP contribution in [0.25, 0.3) is 0 Å². The van der Waals surface area contributed by atoms with Gasteiger partial charge in [0.1, 0.15) is 104 Å². The average molecular weight is 1240 g/mol. The summed E-state index contributed by atoms with van der Waals surface area (Å²) in [5.74, 6) is -3.23. The molecule has 0 radical (unpaired) electrons. The molecule has 492 valence electrons. The lowest BCUT2D eigenvalue weighted by molar-refractivity contribution is -0.373. The number of esters is 1. The third kappa shape index (κ3) is 10.8. The highest BCUT2D eigenvalue weighted by atomic mass is 16.8. The molecule has 9 fully saturated rings. The fourth-order valence-corrected chi connectivity index (χ4v) is 17.5. The first kappa shape index (κ1) is 66.6. The predicted octanol–water partition coefficient (Wildman–Crippen LogP) is -3.87. The second kappa shape index (κ2) is 24.3. The minimum Gasteiger partial charge on any atom is -0.481 e. The van der Waals surface area contributed by atoms with E-state index in [0.717, 1.165) is 5.57 Å². The van der Waals surface area contributed by atoms with Gasteiger partial charge < -0.3 is 129 Å². The van der Waals surface area contributed by atoms with Crippen LogP contribution in [0.2, 0.25) is 0 Å². The first-order chi connectivity index (χ1) is 40.2. The Morgan fingerprint density at radius 2 is 1.10 bits per heavy atom. The number of hydrogen-bond donors (Lipinski definition) is 16. The van der Waals surface area contributed by atoms with Gasteiger partial charge in [0.15, 0.2) is 31.3 Å². The molecule has 0 amide bonds. The number of carboxylic acids is 1. The van der Waals surface area contributed by atoms with Crippen molar-refractivity contribution in [2.24, 2.45) is 50.2 Å². The number of rotatable bonds is 13. The van der Waals surface area contributed by atoms with Crippen LogP contribution < -0.4 is 0 Å². The van der Waals surface area contributed by atoms with E-state index < -0.39 is 225 Å². The van der Waals surface area contributed by atoms with Crippen molar-refractivity contribution in [1.82, 2.24) is 0 Å². The molecule has 33 atom stereocenters. The van der Waals surface area contributed by atoms with Gasteiger partial charge in [0.2, 0.25) is 6.29 Å². The molecule has 33 unspecified atom stereocenters. The molecule has 16 N–H and O–H groups in total. The van der Waals surface area contributed by atoms with Gasteiger partial charge in [-0.15, -0.1) is 0 Å². The van der Waals surface area contributed by atoms with E-state index in [4.69, 9.17) is 47.4 Å². The summed E-state index contributed by atoms with van der Waals surface area (Å²) in [7, 11) is 0. The van der Waals surface area contributed by atoms with Crippen LogP contribution >= 0.6 is 0 Å². The Hall–Kier alpha value is -2.28. The third-order valence-electron chi connectivity index (χ3n) is 22.8. The molecule has 5 aliphatic heterocycles. The van der Waals surface area contributed by atoms with E-state index in [1.165, 1.54) is 13.8 Å². The Labute approximate surface area is 497 Å². The molecule has 0 bridgehead atoms. The van der Waals surface area contributed by atoms with E-state index in [1.54, 1.807) is 0 Å². The van der Waals surface area contributed by atoms with Crippen LogP contribution in [0.3, 0.4) is 0 Å². The highest BCUT2D eigenvalue weighted by Crippen LogP contribution is 2.76. The molecule has 28 nitrogen and oxygen atoms in total. The zero-order chi connectivity index (χ0) is 62.9. The molecule has 10 aliphatic rings. The number of carboxylic acid groups (broad SMARTS) is 1. The topological polar surface area (TPSA) is 450 Å². The zero-order valence-corrected chi connectivity index (χ0v) is 49.5. The Kier molecular flexibility index (Phi) is 18.8. The lowest BCUT2D eigenvalue weighted by atomic mass is 9.33. The van der Waals surface area contributed by atoms with E-state index in [9.17, 15) is 86.5 Å². The molecule has 28 heteroatoms. The van der Waals surface area contributed by atoms with Crippen LogP contribution in [0.15, 0.2) is 11.6 Å². The second-order valence-electron chi connectivity index (χ2n) is 28.1. The Morgan fingerprint density at radius 3 is 1.76 bits per heavy atom. The minimum atomic E-state index is -1.99. The highest BCUT2D eigenvalue weighted by Gasteiger charge is 2.73. The molecular weight excluding hydrogens is 1140 g/mol. The van der Waals surface area contributed by atoms with Crippen molar-refractivity contribution in [3.05, 3.63) is 11.6 Å². The van der Waals surface area contributed by atoms with Crippen molar-refractivity contribution in [3.8, 4) is 0 Å². The van der Waals surface area contributed by atoms with Gasteiger partial charge in [0.25, 0.3) is 0 Å². The molecule has 5 aliphatic carbocycles. The van der Waals surface area contributed by atoms with Crippen molar-refractivity contribution < 1.29 is 139 Å². The van der Waals surface area contributed by atoms with Crippen LogP contribution in [0, 0.1) is 50.2 Å². The quantitative estimate of drug-likeness (QED) is 0.0477. The summed E-state index contributed by atoms with van der Waals surface area (Å²) in [6.07, 6.45) is -35.6. The van der Waals surface area contributed by atoms with Gasteiger partial charge in [-0.1, -0.05) is 46.3 Å². The largest absolute Gasteiger partial charge is 0.481 e. The summed E-state index contributed by atoms with van der Waals surface area (Å²) >= 11 is 0. The predicted molar refractivity (Wildman–Crippen MR) is 285 cm³/mol. The van der Waals surface area contributed by atoms with Gasteiger partial charge in [0.05, 0.1) is 49.5 Å². The van der Waals surface area contributed by atoms with Gasteiger partial charge in [0, 0.05) is 0 Å². The van der Waals surface area contributed by atoms with Gasteiger partial charge in [-0.3, -0.25) is 9.59 Å². The van der Waals surface area contributed by atoms with E-state index in [-0.39, 0.29) is 23.7 Å². The molecule has 5 saturated heterocycles. The zero-order valence-electron chi connectivity index (χ0n) is 49.5. The van der Waals surface area contributed by atoms with Gasteiger partial charge >= 0.3 is 11.9 Å². The van der Waals surface area contributed by atoms with E-state index in [0.29, 0.717) is 51.4 Å². The average Bonchev–Trinajstić information content (AvgIpc) is 0.676. The first-order valence-electron chi connectivity index (χ1n) is 30.3. The van der Waals surface area contributed by atoms with E-state index in [1.807, 2.05) is 6.92 Å². The maximum absolute atomic E-state index is 15.4. The Morgan fingerprint density at radius 1 is 0.547 bits per heavy atom.